The molecule has 0 saturated carbocycles. The molecule has 0 aliphatic carbocycles. The van der Waals surface area contributed by atoms with Gasteiger partial charge in [0.15, 0.2) is 0 Å². The third kappa shape index (κ3) is 62.4. The van der Waals surface area contributed by atoms with E-state index in [9.17, 15) is 0 Å². The van der Waals surface area contributed by atoms with Crippen LogP contribution in [0, 0.1) is 0 Å². The molecular formula is H2BiLiO3TeZn. The molecule has 0 aliphatic heterocycles. The number of rotatable bonds is 0. The topological polar surface area (TPSA) is 51.2 Å². The van der Waals surface area contributed by atoms with E-state index in [0.717, 1.165) is 0 Å². The van der Waals surface area contributed by atoms with Crippen molar-refractivity contribution in [2.45, 2.75) is 0 Å². The Balaban J connectivity index is -0.00000000900. The van der Waals surface area contributed by atoms with Gasteiger partial charge in [0.1, 0.15) is 0 Å². The Labute approximate surface area is 92.1 Å². The second-order valence-electron chi connectivity index (χ2n) is 0. The van der Waals surface area contributed by atoms with Crippen LogP contribution in [0.4, 0.5) is 0 Å². The van der Waals surface area contributed by atoms with Crippen LogP contribution in [0.1, 0.15) is 0 Å². The standard InChI is InChI=1S/Bi.Li.OTe.2O.Zn.2H/c;;1-2;;;;;. The van der Waals surface area contributed by atoms with Crippen molar-refractivity contribution in [2.75, 3.05) is 0 Å². The van der Waals surface area contributed by atoms with E-state index < -0.39 is 0 Å². The van der Waals surface area contributed by atoms with E-state index in [-0.39, 0.29) is 61.8 Å². The van der Waals surface area contributed by atoms with Crippen molar-refractivity contribution in [3.63, 3.8) is 0 Å². The molecule has 0 radical (unpaired) electrons. The molecular weight excluding hydrogens is 457 g/mol. The molecule has 34 valence electrons. The summed E-state index contributed by atoms with van der Waals surface area (Å²) in [5, 5.41) is 0. The second kappa shape index (κ2) is 83.9. The Bertz CT molecular complexity index is 19.7. The molecule has 0 aromatic carbocycles. The van der Waals surface area contributed by atoms with Crippen molar-refractivity contribution < 1.29 is 27.7 Å². The zero-order valence-electron chi connectivity index (χ0n) is 2.84. The van der Waals surface area contributed by atoms with Gasteiger partial charge in [-0.3, -0.25) is 0 Å². The maximum absolute atomic E-state index is 8.39. The van der Waals surface area contributed by atoms with E-state index in [1.165, 1.54) is 0 Å². The quantitative estimate of drug-likeness (QED) is 0.393. The fourth-order valence-corrected chi connectivity index (χ4v) is 0. The molecule has 0 unspecified atom stereocenters. The molecule has 0 spiro atoms. The van der Waals surface area contributed by atoms with Gasteiger partial charge in [0, 0.05) is 0 Å². The average molecular weight is 459 g/mol. The molecule has 7 heteroatoms. The summed E-state index contributed by atoms with van der Waals surface area (Å²) in [7, 11) is 0. The van der Waals surface area contributed by atoms with E-state index in [0.29, 0.717) is 22.3 Å². The number of hydrogen-bond donors (Lipinski definition) is 0. The fourth-order valence-electron chi connectivity index (χ4n) is 0. The Hall–Kier alpha value is 2.29. The summed E-state index contributed by atoms with van der Waals surface area (Å²) in [5.41, 5.74) is 0. The molecule has 0 fully saturated rings. The van der Waals surface area contributed by atoms with Gasteiger partial charge in [0.25, 0.3) is 0 Å². The molecule has 7 heavy (non-hydrogen) atoms. The van der Waals surface area contributed by atoms with Gasteiger partial charge in [-0.2, -0.15) is 0 Å². The van der Waals surface area contributed by atoms with Crippen molar-refractivity contribution in [2.24, 2.45) is 0 Å². The Kier molecular flexibility index (Phi) is 273. The van der Waals surface area contributed by atoms with Gasteiger partial charge < -0.3 is 0 Å². The van der Waals surface area contributed by atoms with Crippen LogP contribution in [0.2, 0.25) is 0 Å². The molecule has 0 aliphatic rings. The van der Waals surface area contributed by atoms with Crippen molar-refractivity contribution >= 4 is 65.9 Å². The van der Waals surface area contributed by atoms with E-state index in [4.69, 9.17) is 9.49 Å². The minimum absolute atomic E-state index is 0. The van der Waals surface area contributed by atoms with Crippen LogP contribution in [0.25, 0.3) is 0 Å². The second-order valence-corrected chi connectivity index (χ2v) is 0. The Morgan fingerprint density at radius 3 is 1.14 bits per heavy atom. The first-order valence-electron chi connectivity index (χ1n) is 0.659. The summed E-state index contributed by atoms with van der Waals surface area (Å²) < 4.78 is 25.0. The van der Waals surface area contributed by atoms with E-state index >= 15 is 0 Å². The van der Waals surface area contributed by atoms with Crippen LogP contribution in [-0.4, -0.2) is 65.9 Å². The van der Waals surface area contributed by atoms with Crippen molar-refractivity contribution in [1.29, 1.82) is 0 Å². The van der Waals surface area contributed by atoms with E-state index in [1.54, 1.807) is 0 Å². The summed E-state index contributed by atoms with van der Waals surface area (Å²) in [4.78, 5) is 0. The first-order chi connectivity index (χ1) is 3.00. The molecule has 0 saturated heterocycles. The number of hydrogen-bond acceptors (Lipinski definition) is 3. The summed E-state index contributed by atoms with van der Waals surface area (Å²) >= 11 is 0.881. The van der Waals surface area contributed by atoms with Crippen LogP contribution in [0.5, 0.6) is 0 Å². The summed E-state index contributed by atoms with van der Waals surface area (Å²) in [5.74, 6) is 0. The normalized spacial score (nSPS) is 2.00. The van der Waals surface area contributed by atoms with Gasteiger partial charge in [-0.25, -0.2) is 0 Å². The summed E-state index contributed by atoms with van der Waals surface area (Å²) in [6.45, 7) is 0. The predicted molar refractivity (Wildman–Crippen MR) is 22.1 cm³/mol. The van der Waals surface area contributed by atoms with Crippen molar-refractivity contribution in [3.8, 4) is 0 Å². The molecule has 0 N–H and O–H groups in total. The molecule has 0 amide bonds. The molecule has 0 aromatic rings. The minimum atomic E-state index is 0. The van der Waals surface area contributed by atoms with Crippen LogP contribution in [0.15, 0.2) is 0 Å². The van der Waals surface area contributed by atoms with Gasteiger partial charge in [-0.05, 0) is 0 Å². The van der Waals surface area contributed by atoms with E-state index in [1.807, 2.05) is 0 Å². The third-order valence-corrected chi connectivity index (χ3v) is 0. The van der Waals surface area contributed by atoms with Gasteiger partial charge in [-0.15, -0.1) is 0 Å². The maximum atomic E-state index is 8.39. The van der Waals surface area contributed by atoms with Crippen LogP contribution < -0.4 is 0 Å². The molecule has 0 atom stereocenters. The fraction of sp³-hybridized carbons (Fsp3) is 0. The molecule has 0 aromatic heterocycles. The predicted octanol–water partition coefficient (Wildman–Crippen LogP) is -2.04. The SMILES string of the molecule is O=[Te].[LiH].[O]=[BiH].[O]=[Zn]. The van der Waals surface area contributed by atoms with Crippen LogP contribution >= 0.6 is 0 Å². The Morgan fingerprint density at radius 2 is 1.14 bits per heavy atom. The van der Waals surface area contributed by atoms with E-state index in [2.05, 4.69) is 0 Å². The first-order valence-corrected chi connectivity index (χ1v) is 4.41. The third-order valence-electron chi connectivity index (χ3n) is 0. The van der Waals surface area contributed by atoms with Crippen LogP contribution in [0.3, 0.4) is 0 Å². The zero-order valence-corrected chi connectivity index (χ0v) is 12.0. The van der Waals surface area contributed by atoms with Gasteiger partial charge in [0.2, 0.25) is 0 Å². The van der Waals surface area contributed by atoms with Crippen molar-refractivity contribution in [3.05, 3.63) is 0 Å². The summed E-state index contributed by atoms with van der Waals surface area (Å²) in [6, 6.07) is 0. The van der Waals surface area contributed by atoms with Gasteiger partial charge >= 0.3 is 93.6 Å². The van der Waals surface area contributed by atoms with Crippen LogP contribution in [-0.2, 0) is 27.7 Å². The monoisotopic (exact) mass is 460 g/mol. The molecule has 0 rings (SSSR count). The average Bonchev–Trinajstić information content (AvgIpc) is 1.81. The zero-order chi connectivity index (χ0) is 6.00. The van der Waals surface area contributed by atoms with Gasteiger partial charge in [0.05, 0.1) is 0 Å². The molecule has 0 heterocycles. The molecule has 3 nitrogen and oxygen atoms in total. The Morgan fingerprint density at radius 1 is 1.14 bits per heavy atom. The summed E-state index contributed by atoms with van der Waals surface area (Å²) in [6.07, 6.45) is 0. The first kappa shape index (κ1) is 22.8. The van der Waals surface area contributed by atoms with Gasteiger partial charge in [-0.1, -0.05) is 0 Å². The molecule has 0 bridgehead atoms. The van der Waals surface area contributed by atoms with Crippen molar-refractivity contribution in [1.82, 2.24) is 0 Å².